The summed E-state index contributed by atoms with van der Waals surface area (Å²) in [7, 11) is 0. The van der Waals surface area contributed by atoms with Crippen molar-refractivity contribution in [3.8, 4) is 0 Å². The van der Waals surface area contributed by atoms with Crippen molar-refractivity contribution >= 4 is 11.3 Å². The maximum atomic E-state index is 10.3. The Kier molecular flexibility index (Phi) is 2.79. The summed E-state index contributed by atoms with van der Waals surface area (Å²) in [6.45, 7) is 0.809. The fourth-order valence-corrected chi connectivity index (χ4v) is 1.63. The molecule has 0 amide bonds. The Balaban J connectivity index is 2.39. The molecule has 0 aromatic heterocycles. The predicted molar refractivity (Wildman–Crippen MR) is 35.7 cm³/mol. The number of β-amino-alcohol motifs (C(OH)–C–C–N with tert-alkyl or cyclic N) is 1. The Morgan fingerprint density at radius 3 is 2.80 bits per heavy atom. The van der Waals surface area contributed by atoms with Crippen LogP contribution in [0.3, 0.4) is 0 Å². The van der Waals surface area contributed by atoms with Crippen molar-refractivity contribution in [1.82, 2.24) is 4.31 Å². The van der Waals surface area contributed by atoms with Gasteiger partial charge in [0.25, 0.3) is 0 Å². The predicted octanol–water partition coefficient (Wildman–Crippen LogP) is -0.763. The monoisotopic (exact) mass is 164 g/mol. The van der Waals surface area contributed by atoms with Crippen LogP contribution >= 0.6 is 0 Å². The van der Waals surface area contributed by atoms with E-state index in [1.165, 1.54) is 4.31 Å². The summed E-state index contributed by atoms with van der Waals surface area (Å²) < 4.78 is 21.9. The van der Waals surface area contributed by atoms with Gasteiger partial charge >= 0.3 is 0 Å². The molecule has 4 nitrogen and oxygen atoms in total. The molecule has 1 aliphatic heterocycles. The van der Waals surface area contributed by atoms with Gasteiger partial charge in [-0.3, -0.25) is 4.21 Å². The first-order valence-corrected chi connectivity index (χ1v) is 4.25. The maximum absolute atomic E-state index is 10.3. The van der Waals surface area contributed by atoms with Gasteiger partial charge in [-0.1, -0.05) is 0 Å². The Bertz CT molecular complexity index is 141. The number of rotatable bonds is 1. The van der Waals surface area contributed by atoms with Gasteiger partial charge in [0, 0.05) is 24.4 Å². The third-order valence-corrected chi connectivity index (χ3v) is 2.32. The molecule has 1 N–H and O–H groups in total. The topological polar surface area (TPSA) is 63.6 Å². The molecule has 60 valence electrons. The summed E-state index contributed by atoms with van der Waals surface area (Å²) in [4.78, 5) is 0. The Morgan fingerprint density at radius 1 is 1.70 bits per heavy atom. The normalized spacial score (nSPS) is 32.0. The van der Waals surface area contributed by atoms with Crippen molar-refractivity contribution in [3.05, 3.63) is 0 Å². The summed E-state index contributed by atoms with van der Waals surface area (Å²) in [5.41, 5.74) is 0. The van der Waals surface area contributed by atoms with Gasteiger partial charge < -0.3 is 9.66 Å². The highest BCUT2D eigenvalue weighted by molar-refractivity contribution is 7.76. The molecule has 0 aliphatic carbocycles. The molecule has 1 fully saturated rings. The third kappa shape index (κ3) is 2.02. The number of hydrogen-bond donors (Lipinski definition) is 1. The Hall–Kier alpha value is 0.0300. The van der Waals surface area contributed by atoms with Crippen LogP contribution in [0, 0.1) is 0 Å². The van der Waals surface area contributed by atoms with Crippen LogP contribution in [-0.4, -0.2) is 37.4 Å². The number of nitrogens with zero attached hydrogens (tertiary/aromatic N) is 1. The number of hydrogen-bond acceptors (Lipinski definition) is 3. The smallest absolute Gasteiger partial charge is 0.0677 e. The minimum atomic E-state index is -2.15. The average molecular weight is 164 g/mol. The van der Waals surface area contributed by atoms with E-state index in [4.69, 9.17) is 5.11 Å². The van der Waals surface area contributed by atoms with Gasteiger partial charge in [-0.05, 0) is 12.8 Å². The van der Waals surface area contributed by atoms with Gasteiger partial charge in [0.2, 0.25) is 0 Å². The van der Waals surface area contributed by atoms with Crippen molar-refractivity contribution in [2.24, 2.45) is 0 Å². The van der Waals surface area contributed by atoms with Crippen LogP contribution < -0.4 is 0 Å². The molecule has 1 aliphatic rings. The lowest BCUT2D eigenvalue weighted by Crippen LogP contribution is -2.39. The SMILES string of the molecule is O=S([O-])N1CCCC(O)C1. The zero-order valence-electron chi connectivity index (χ0n) is 5.52. The van der Waals surface area contributed by atoms with E-state index in [1.807, 2.05) is 0 Å². The minimum Gasteiger partial charge on any atom is -0.760 e. The van der Waals surface area contributed by atoms with E-state index in [0.717, 1.165) is 6.42 Å². The second kappa shape index (κ2) is 3.43. The molecule has 0 bridgehead atoms. The quantitative estimate of drug-likeness (QED) is 0.518. The van der Waals surface area contributed by atoms with Crippen LogP contribution in [0.25, 0.3) is 0 Å². The van der Waals surface area contributed by atoms with Gasteiger partial charge in [-0.15, -0.1) is 0 Å². The summed E-state index contributed by atoms with van der Waals surface area (Å²) in [5.74, 6) is 0. The molecule has 0 radical (unpaired) electrons. The fraction of sp³-hybridized carbons (Fsp3) is 1.00. The van der Waals surface area contributed by atoms with E-state index >= 15 is 0 Å². The third-order valence-electron chi connectivity index (χ3n) is 1.57. The van der Waals surface area contributed by atoms with Crippen LogP contribution in [0.2, 0.25) is 0 Å². The van der Waals surface area contributed by atoms with Crippen LogP contribution in [0.1, 0.15) is 12.8 Å². The Morgan fingerprint density at radius 2 is 2.40 bits per heavy atom. The summed E-state index contributed by atoms with van der Waals surface area (Å²) >= 11 is -2.15. The molecular weight excluding hydrogens is 154 g/mol. The first-order valence-electron chi connectivity index (χ1n) is 3.22. The molecular formula is C5H10NO3S-. The second-order valence-electron chi connectivity index (χ2n) is 2.40. The van der Waals surface area contributed by atoms with Gasteiger partial charge in [0.1, 0.15) is 0 Å². The van der Waals surface area contributed by atoms with E-state index in [2.05, 4.69) is 0 Å². The van der Waals surface area contributed by atoms with E-state index in [9.17, 15) is 8.76 Å². The van der Waals surface area contributed by atoms with Crippen LogP contribution in [0.5, 0.6) is 0 Å². The van der Waals surface area contributed by atoms with Crippen molar-refractivity contribution in [2.75, 3.05) is 13.1 Å². The van der Waals surface area contributed by atoms with Crippen LogP contribution in [0.15, 0.2) is 0 Å². The average Bonchev–Trinajstić information content (AvgIpc) is 1.88. The molecule has 0 spiro atoms. The van der Waals surface area contributed by atoms with E-state index in [0.29, 0.717) is 13.0 Å². The second-order valence-corrected chi connectivity index (χ2v) is 3.35. The molecule has 1 rings (SSSR count). The molecule has 2 atom stereocenters. The van der Waals surface area contributed by atoms with Crippen molar-refractivity contribution in [3.63, 3.8) is 0 Å². The van der Waals surface area contributed by atoms with Gasteiger partial charge in [-0.2, -0.15) is 0 Å². The highest BCUT2D eigenvalue weighted by Gasteiger charge is 2.17. The van der Waals surface area contributed by atoms with Gasteiger partial charge in [0.05, 0.1) is 6.10 Å². The van der Waals surface area contributed by atoms with Crippen molar-refractivity contribution in [1.29, 1.82) is 0 Å². The zero-order chi connectivity index (χ0) is 7.56. The molecule has 0 aromatic rings. The van der Waals surface area contributed by atoms with E-state index < -0.39 is 17.4 Å². The largest absolute Gasteiger partial charge is 0.760 e. The lowest BCUT2D eigenvalue weighted by atomic mass is 10.1. The highest BCUT2D eigenvalue weighted by Crippen LogP contribution is 2.09. The minimum absolute atomic E-state index is 0.260. The lowest BCUT2D eigenvalue weighted by Gasteiger charge is -2.30. The summed E-state index contributed by atoms with van der Waals surface area (Å²) in [6, 6.07) is 0. The molecule has 2 unspecified atom stereocenters. The lowest BCUT2D eigenvalue weighted by molar-refractivity contribution is 0.107. The van der Waals surface area contributed by atoms with Crippen molar-refractivity contribution in [2.45, 2.75) is 18.9 Å². The summed E-state index contributed by atoms with van der Waals surface area (Å²) in [5, 5.41) is 9.01. The first-order chi connectivity index (χ1) is 4.70. The van der Waals surface area contributed by atoms with Gasteiger partial charge in [0.15, 0.2) is 0 Å². The van der Waals surface area contributed by atoms with Gasteiger partial charge in [-0.25, -0.2) is 4.31 Å². The number of aliphatic hydroxyl groups excluding tert-OH is 1. The Labute approximate surface area is 62.3 Å². The molecule has 5 heteroatoms. The zero-order valence-corrected chi connectivity index (χ0v) is 6.34. The standard InChI is InChI=1S/C5H11NO3S/c7-5-2-1-3-6(4-5)10(8)9/h5,7H,1-4H2,(H,8,9)/p-1. The van der Waals surface area contributed by atoms with Crippen molar-refractivity contribution < 1.29 is 13.9 Å². The number of aliphatic hydroxyl groups is 1. The number of piperidine rings is 1. The molecule has 0 aromatic carbocycles. The van der Waals surface area contributed by atoms with E-state index in [1.54, 1.807) is 0 Å². The summed E-state index contributed by atoms with van der Waals surface area (Å²) in [6.07, 6.45) is 1.01. The molecule has 1 heterocycles. The van der Waals surface area contributed by atoms with Crippen LogP contribution in [-0.2, 0) is 11.3 Å². The first kappa shape index (κ1) is 8.13. The fourth-order valence-electron chi connectivity index (χ4n) is 1.06. The molecule has 10 heavy (non-hydrogen) atoms. The highest BCUT2D eigenvalue weighted by atomic mass is 32.2. The van der Waals surface area contributed by atoms with Crippen LogP contribution in [0.4, 0.5) is 0 Å². The van der Waals surface area contributed by atoms with E-state index in [-0.39, 0.29) is 6.54 Å². The maximum Gasteiger partial charge on any atom is 0.0677 e. The molecule has 1 saturated heterocycles. The molecule has 0 saturated carbocycles.